The van der Waals surface area contributed by atoms with Crippen molar-refractivity contribution >= 4 is 11.6 Å². The van der Waals surface area contributed by atoms with Gasteiger partial charge in [0.15, 0.2) is 0 Å². The third kappa shape index (κ3) is 5.17. The first-order valence-electron chi connectivity index (χ1n) is 9.63. The van der Waals surface area contributed by atoms with E-state index in [1.54, 1.807) is 14.2 Å². The van der Waals surface area contributed by atoms with Crippen LogP contribution >= 0.6 is 11.6 Å². The van der Waals surface area contributed by atoms with Gasteiger partial charge in [0.05, 0.1) is 26.4 Å². The van der Waals surface area contributed by atoms with Gasteiger partial charge in [-0.05, 0) is 35.4 Å². The van der Waals surface area contributed by atoms with E-state index in [4.69, 9.17) is 21.1 Å². The Morgan fingerprint density at radius 1 is 0.857 bits per heavy atom. The van der Waals surface area contributed by atoms with Gasteiger partial charge in [0.2, 0.25) is 0 Å². The Balaban J connectivity index is 1.80. The van der Waals surface area contributed by atoms with Gasteiger partial charge < -0.3 is 14.6 Å². The van der Waals surface area contributed by atoms with Crippen LogP contribution in [0.25, 0.3) is 0 Å². The predicted molar refractivity (Wildman–Crippen MR) is 113 cm³/mol. The van der Waals surface area contributed by atoms with E-state index < -0.39 is 6.10 Å². The van der Waals surface area contributed by atoms with Crippen LogP contribution in [0.15, 0.2) is 48.5 Å². The Labute approximate surface area is 172 Å². The van der Waals surface area contributed by atoms with Crippen molar-refractivity contribution in [2.45, 2.75) is 12.1 Å². The van der Waals surface area contributed by atoms with Gasteiger partial charge in [-0.2, -0.15) is 0 Å². The molecule has 0 bridgehead atoms. The van der Waals surface area contributed by atoms with Crippen LogP contribution in [0.2, 0.25) is 0 Å². The summed E-state index contributed by atoms with van der Waals surface area (Å²) in [4.78, 5) is 4.77. The molecule has 0 aliphatic carbocycles. The number of alkyl halides is 1. The molecule has 6 heteroatoms. The van der Waals surface area contributed by atoms with Crippen molar-refractivity contribution in [2.75, 3.05) is 52.8 Å². The van der Waals surface area contributed by atoms with Gasteiger partial charge in [0.25, 0.3) is 0 Å². The Bertz CT molecular complexity index is 668. The second-order valence-corrected chi connectivity index (χ2v) is 7.40. The van der Waals surface area contributed by atoms with Crippen molar-refractivity contribution in [3.8, 4) is 11.5 Å². The number of hydrogen-bond acceptors (Lipinski definition) is 5. The summed E-state index contributed by atoms with van der Waals surface area (Å²) in [5.74, 6) is 2.00. The molecule has 28 heavy (non-hydrogen) atoms. The fraction of sp³-hybridized carbons (Fsp3) is 0.455. The first-order chi connectivity index (χ1) is 13.6. The van der Waals surface area contributed by atoms with Gasteiger partial charge in [-0.15, -0.1) is 11.6 Å². The van der Waals surface area contributed by atoms with Crippen LogP contribution in [0.5, 0.6) is 11.5 Å². The molecule has 0 radical (unpaired) electrons. The minimum absolute atomic E-state index is 0.164. The number of nitrogens with zero attached hydrogens (tertiary/aromatic N) is 2. The van der Waals surface area contributed by atoms with Crippen molar-refractivity contribution in [1.82, 2.24) is 9.80 Å². The predicted octanol–water partition coefficient (Wildman–Crippen LogP) is 3.01. The molecule has 1 fully saturated rings. The van der Waals surface area contributed by atoms with Crippen molar-refractivity contribution < 1.29 is 14.6 Å². The molecular weight excluding hydrogens is 376 g/mol. The van der Waals surface area contributed by atoms with Crippen molar-refractivity contribution in [1.29, 1.82) is 0 Å². The standard InChI is InChI=1S/C22H29ClN2O3/c1-27-20-7-3-17(4-8-20)22(18-5-9-21(28-2)10-6-18)25-13-11-24(12-14-25)16-19(26)15-23/h3-10,19,22,26H,11-16H2,1-2H3. The number of ether oxygens (including phenoxy) is 2. The van der Waals surface area contributed by atoms with E-state index in [-0.39, 0.29) is 11.9 Å². The van der Waals surface area contributed by atoms with Crippen molar-refractivity contribution in [3.05, 3.63) is 59.7 Å². The monoisotopic (exact) mass is 404 g/mol. The van der Waals surface area contributed by atoms with Crippen LogP contribution in [0.4, 0.5) is 0 Å². The van der Waals surface area contributed by atoms with E-state index in [1.165, 1.54) is 11.1 Å². The maximum absolute atomic E-state index is 9.83. The molecule has 0 aromatic heterocycles. The van der Waals surface area contributed by atoms with E-state index in [9.17, 15) is 5.11 Å². The first kappa shape index (κ1) is 20.9. The molecule has 3 rings (SSSR count). The molecule has 2 aromatic carbocycles. The number of aliphatic hydroxyl groups excluding tert-OH is 1. The van der Waals surface area contributed by atoms with Gasteiger partial charge in [0.1, 0.15) is 11.5 Å². The van der Waals surface area contributed by atoms with Crippen LogP contribution in [-0.2, 0) is 0 Å². The van der Waals surface area contributed by atoms with Crippen LogP contribution in [0, 0.1) is 0 Å². The summed E-state index contributed by atoms with van der Waals surface area (Å²) in [5.41, 5.74) is 2.47. The molecule has 1 saturated heterocycles. The summed E-state index contributed by atoms with van der Waals surface area (Å²) >= 11 is 5.75. The molecule has 1 heterocycles. The van der Waals surface area contributed by atoms with Gasteiger partial charge in [-0.1, -0.05) is 24.3 Å². The number of hydrogen-bond donors (Lipinski definition) is 1. The summed E-state index contributed by atoms with van der Waals surface area (Å²) < 4.78 is 10.6. The highest BCUT2D eigenvalue weighted by Crippen LogP contribution is 2.31. The molecule has 1 aliphatic heterocycles. The van der Waals surface area contributed by atoms with Gasteiger partial charge >= 0.3 is 0 Å². The Hall–Kier alpha value is -1.79. The Morgan fingerprint density at radius 3 is 1.71 bits per heavy atom. The normalized spacial score (nSPS) is 16.9. The van der Waals surface area contributed by atoms with Crippen molar-refractivity contribution in [3.63, 3.8) is 0 Å². The second-order valence-electron chi connectivity index (χ2n) is 7.09. The van der Waals surface area contributed by atoms with Crippen LogP contribution in [0.3, 0.4) is 0 Å². The van der Waals surface area contributed by atoms with E-state index in [2.05, 4.69) is 34.1 Å². The van der Waals surface area contributed by atoms with Crippen LogP contribution < -0.4 is 9.47 Å². The highest BCUT2D eigenvalue weighted by atomic mass is 35.5. The van der Waals surface area contributed by atoms with E-state index in [1.807, 2.05) is 24.3 Å². The molecule has 1 N–H and O–H groups in total. The SMILES string of the molecule is COc1ccc(C(c2ccc(OC)cc2)N2CCN(CC(O)CCl)CC2)cc1. The quantitative estimate of drug-likeness (QED) is 0.685. The molecule has 152 valence electrons. The molecule has 5 nitrogen and oxygen atoms in total. The molecule has 1 atom stereocenters. The zero-order valence-corrected chi connectivity index (χ0v) is 17.3. The third-order valence-corrected chi connectivity index (χ3v) is 5.64. The van der Waals surface area contributed by atoms with Gasteiger partial charge in [-0.3, -0.25) is 9.80 Å². The number of halogens is 1. The maximum atomic E-state index is 9.83. The fourth-order valence-electron chi connectivity index (χ4n) is 3.74. The van der Waals surface area contributed by atoms with E-state index in [0.717, 1.165) is 37.7 Å². The molecule has 0 saturated carbocycles. The number of piperazine rings is 1. The summed E-state index contributed by atoms with van der Waals surface area (Å²) in [6.07, 6.45) is -0.466. The maximum Gasteiger partial charge on any atom is 0.118 e. The first-order valence-corrected chi connectivity index (χ1v) is 10.2. The van der Waals surface area contributed by atoms with Crippen molar-refractivity contribution in [2.24, 2.45) is 0 Å². The number of aliphatic hydroxyl groups is 1. The van der Waals surface area contributed by atoms with Gasteiger partial charge in [-0.25, -0.2) is 0 Å². The van der Waals surface area contributed by atoms with E-state index >= 15 is 0 Å². The summed E-state index contributed by atoms with van der Waals surface area (Å²) in [6.45, 7) is 4.32. The molecule has 1 aliphatic rings. The minimum Gasteiger partial charge on any atom is -0.497 e. The zero-order chi connectivity index (χ0) is 19.9. The molecule has 1 unspecified atom stereocenters. The summed E-state index contributed by atoms with van der Waals surface area (Å²) in [7, 11) is 3.37. The lowest BCUT2D eigenvalue weighted by Crippen LogP contribution is -2.49. The third-order valence-electron chi connectivity index (χ3n) is 5.28. The molecule has 2 aromatic rings. The average Bonchev–Trinajstić information content (AvgIpc) is 2.76. The fourth-order valence-corrected chi connectivity index (χ4v) is 3.84. The minimum atomic E-state index is -0.466. The average molecular weight is 405 g/mol. The van der Waals surface area contributed by atoms with Crippen LogP contribution in [-0.4, -0.2) is 73.8 Å². The highest BCUT2D eigenvalue weighted by Gasteiger charge is 2.27. The Kier molecular flexibility index (Phi) is 7.57. The number of methoxy groups -OCH3 is 2. The second kappa shape index (κ2) is 10.1. The number of β-amino-alcohol motifs (C(OH)–C–C–N with tert-alkyl or cyclic N) is 1. The highest BCUT2D eigenvalue weighted by molar-refractivity contribution is 6.18. The summed E-state index contributed by atoms with van der Waals surface area (Å²) in [5, 5.41) is 9.83. The molecule has 0 spiro atoms. The smallest absolute Gasteiger partial charge is 0.118 e. The molecular formula is C22H29ClN2O3. The zero-order valence-electron chi connectivity index (χ0n) is 16.6. The lowest BCUT2D eigenvalue weighted by molar-refractivity contribution is 0.0703. The van der Waals surface area contributed by atoms with Crippen LogP contribution in [0.1, 0.15) is 17.2 Å². The summed E-state index contributed by atoms with van der Waals surface area (Å²) in [6, 6.07) is 16.8. The van der Waals surface area contributed by atoms with E-state index in [0.29, 0.717) is 6.54 Å². The topological polar surface area (TPSA) is 45.2 Å². The number of rotatable bonds is 8. The lowest BCUT2D eigenvalue weighted by Gasteiger charge is -2.40. The lowest BCUT2D eigenvalue weighted by atomic mass is 9.96. The molecule has 0 amide bonds. The Morgan fingerprint density at radius 2 is 1.32 bits per heavy atom. The van der Waals surface area contributed by atoms with Gasteiger partial charge in [0, 0.05) is 38.6 Å². The largest absolute Gasteiger partial charge is 0.497 e. The number of benzene rings is 2.